The van der Waals surface area contributed by atoms with Crippen molar-refractivity contribution in [2.75, 3.05) is 18.5 Å². The SMILES string of the molecule is CC(C)(C)CC(=O)Nc1c(F)cc(C(=O)N=c2sccn2COC(=O)OC[C@H](O)CO)cc1F. The van der Waals surface area contributed by atoms with E-state index in [2.05, 4.69) is 15.0 Å². The van der Waals surface area contributed by atoms with Crippen molar-refractivity contribution in [3.05, 3.63) is 45.7 Å². The quantitative estimate of drug-likeness (QED) is 0.472. The van der Waals surface area contributed by atoms with Crippen molar-refractivity contribution < 1.29 is 42.9 Å². The fourth-order valence-electron chi connectivity index (χ4n) is 2.50. The van der Waals surface area contributed by atoms with Crippen LogP contribution in [-0.2, 0) is 21.0 Å². The number of thiazole rings is 1. The van der Waals surface area contributed by atoms with Gasteiger partial charge in [0.25, 0.3) is 5.91 Å². The first-order valence-electron chi connectivity index (χ1n) is 10.00. The molecule has 1 heterocycles. The summed E-state index contributed by atoms with van der Waals surface area (Å²) in [6.45, 7) is 3.94. The zero-order valence-corrected chi connectivity index (χ0v) is 19.5. The Morgan fingerprint density at radius 3 is 2.44 bits per heavy atom. The number of rotatable bonds is 8. The summed E-state index contributed by atoms with van der Waals surface area (Å²) in [5.41, 5.74) is -1.43. The summed E-state index contributed by atoms with van der Waals surface area (Å²) in [7, 11) is 0. The number of aliphatic hydroxyl groups is 2. The summed E-state index contributed by atoms with van der Waals surface area (Å²) in [6, 6.07) is 1.53. The highest BCUT2D eigenvalue weighted by Gasteiger charge is 2.21. The number of ether oxygens (including phenoxy) is 2. The molecule has 2 aromatic rings. The molecular formula is C21H25F2N3O7S. The van der Waals surface area contributed by atoms with Gasteiger partial charge < -0.3 is 25.0 Å². The number of carbonyl (C=O) groups excluding carboxylic acids is 3. The number of benzene rings is 1. The molecule has 0 aliphatic carbocycles. The predicted octanol–water partition coefficient (Wildman–Crippen LogP) is 2.41. The van der Waals surface area contributed by atoms with E-state index in [1.165, 1.54) is 16.1 Å². The summed E-state index contributed by atoms with van der Waals surface area (Å²) in [5, 5.41) is 21.5. The van der Waals surface area contributed by atoms with Gasteiger partial charge in [-0.15, -0.1) is 11.3 Å². The molecule has 186 valence electrons. The Labute approximate surface area is 197 Å². The first kappa shape index (κ1) is 27.1. The lowest BCUT2D eigenvalue weighted by molar-refractivity contribution is -0.117. The van der Waals surface area contributed by atoms with Crippen LogP contribution in [0.5, 0.6) is 0 Å². The molecule has 0 saturated heterocycles. The smallest absolute Gasteiger partial charge is 0.431 e. The Morgan fingerprint density at radius 2 is 1.85 bits per heavy atom. The minimum atomic E-state index is -1.25. The number of hydrogen-bond donors (Lipinski definition) is 3. The molecule has 0 aliphatic rings. The van der Waals surface area contributed by atoms with Crippen LogP contribution in [0.1, 0.15) is 37.6 Å². The molecule has 0 radical (unpaired) electrons. The van der Waals surface area contributed by atoms with Crippen LogP contribution >= 0.6 is 11.3 Å². The van der Waals surface area contributed by atoms with Crippen LogP contribution in [0, 0.1) is 17.0 Å². The Morgan fingerprint density at radius 1 is 1.21 bits per heavy atom. The van der Waals surface area contributed by atoms with Gasteiger partial charge >= 0.3 is 6.16 Å². The van der Waals surface area contributed by atoms with Crippen molar-refractivity contribution in [1.29, 1.82) is 0 Å². The molecule has 0 saturated carbocycles. The molecule has 34 heavy (non-hydrogen) atoms. The van der Waals surface area contributed by atoms with Gasteiger partial charge in [0.2, 0.25) is 5.91 Å². The van der Waals surface area contributed by atoms with Gasteiger partial charge in [-0.25, -0.2) is 13.6 Å². The van der Waals surface area contributed by atoms with E-state index in [0.717, 1.165) is 23.5 Å². The van der Waals surface area contributed by atoms with Crippen LogP contribution in [0.25, 0.3) is 0 Å². The molecule has 0 spiro atoms. The minimum absolute atomic E-state index is 0.0396. The normalized spacial score (nSPS) is 12.9. The second-order valence-corrected chi connectivity index (χ2v) is 9.22. The number of anilines is 1. The second kappa shape index (κ2) is 11.8. The third-order valence-corrected chi connectivity index (χ3v) is 4.82. The van der Waals surface area contributed by atoms with Crippen molar-refractivity contribution in [3.8, 4) is 0 Å². The average Bonchev–Trinajstić information content (AvgIpc) is 3.18. The van der Waals surface area contributed by atoms with Crippen LogP contribution in [-0.4, -0.2) is 52.1 Å². The number of aliphatic hydroxyl groups excluding tert-OH is 2. The van der Waals surface area contributed by atoms with Crippen LogP contribution < -0.4 is 10.1 Å². The topological polar surface area (TPSA) is 139 Å². The Bertz CT molecular complexity index is 1090. The van der Waals surface area contributed by atoms with Crippen LogP contribution in [0.15, 0.2) is 28.7 Å². The highest BCUT2D eigenvalue weighted by molar-refractivity contribution is 7.07. The molecule has 0 unspecified atom stereocenters. The van der Waals surface area contributed by atoms with Gasteiger partial charge in [0.15, 0.2) is 23.2 Å². The van der Waals surface area contributed by atoms with Gasteiger partial charge in [-0.05, 0) is 17.5 Å². The second-order valence-electron chi connectivity index (χ2n) is 8.34. The molecule has 2 amide bonds. The van der Waals surface area contributed by atoms with Crippen molar-refractivity contribution in [3.63, 3.8) is 0 Å². The van der Waals surface area contributed by atoms with E-state index < -0.39 is 61.3 Å². The van der Waals surface area contributed by atoms with Crippen molar-refractivity contribution in [2.45, 2.75) is 40.0 Å². The first-order chi connectivity index (χ1) is 15.9. The zero-order valence-electron chi connectivity index (χ0n) is 18.7. The van der Waals surface area contributed by atoms with Crippen molar-refractivity contribution in [2.24, 2.45) is 10.4 Å². The Balaban J connectivity index is 2.11. The number of amides is 2. The number of nitrogens with one attached hydrogen (secondary N) is 1. The van der Waals surface area contributed by atoms with Crippen molar-refractivity contribution in [1.82, 2.24) is 4.57 Å². The van der Waals surface area contributed by atoms with E-state index in [1.54, 1.807) is 20.8 Å². The molecule has 10 nitrogen and oxygen atoms in total. The van der Waals surface area contributed by atoms with Crippen LogP contribution in [0.4, 0.5) is 19.3 Å². The fraction of sp³-hybridized carbons (Fsp3) is 0.429. The third kappa shape index (κ3) is 8.32. The van der Waals surface area contributed by atoms with Gasteiger partial charge in [0.05, 0.1) is 6.61 Å². The number of aromatic nitrogens is 1. The number of hydrogen-bond acceptors (Lipinski definition) is 8. The summed E-state index contributed by atoms with van der Waals surface area (Å²) < 4.78 is 39.5. The molecule has 1 atom stereocenters. The maximum Gasteiger partial charge on any atom is 0.510 e. The largest absolute Gasteiger partial charge is 0.510 e. The maximum atomic E-state index is 14.4. The average molecular weight is 502 g/mol. The standard InChI is InChI=1S/C21H25F2N3O7S/c1-21(2,3)8-16(29)24-17-14(22)6-12(7-15(17)23)18(30)25-19-26(4-5-34-19)11-33-20(31)32-10-13(28)9-27/h4-7,13,27-28H,8-11H2,1-3H3,(H,24,29)/t13-/m1/s1. The molecule has 13 heteroatoms. The lowest BCUT2D eigenvalue weighted by Gasteiger charge is -2.17. The molecule has 0 fully saturated rings. The minimum Gasteiger partial charge on any atom is -0.431 e. The maximum absolute atomic E-state index is 14.4. The van der Waals surface area contributed by atoms with Gasteiger partial charge in [0.1, 0.15) is 18.4 Å². The van der Waals surface area contributed by atoms with E-state index in [1.807, 2.05) is 0 Å². The highest BCUT2D eigenvalue weighted by Crippen LogP contribution is 2.24. The molecular weight excluding hydrogens is 476 g/mol. The fourth-order valence-corrected chi connectivity index (χ4v) is 3.21. The van der Waals surface area contributed by atoms with Gasteiger partial charge in [-0.1, -0.05) is 20.8 Å². The number of nitrogens with zero attached hydrogens (tertiary/aromatic N) is 2. The van der Waals surface area contributed by atoms with Crippen molar-refractivity contribution >= 4 is 35.0 Å². The lowest BCUT2D eigenvalue weighted by atomic mass is 9.92. The molecule has 3 N–H and O–H groups in total. The highest BCUT2D eigenvalue weighted by atomic mass is 32.1. The number of carbonyl (C=O) groups is 3. The number of halogens is 2. The van der Waals surface area contributed by atoms with Gasteiger partial charge in [-0.3, -0.25) is 14.2 Å². The Kier molecular flexibility index (Phi) is 9.41. The monoisotopic (exact) mass is 501 g/mol. The molecule has 0 aliphatic heterocycles. The van der Waals surface area contributed by atoms with Crippen LogP contribution in [0.3, 0.4) is 0 Å². The van der Waals surface area contributed by atoms with Gasteiger partial charge in [0, 0.05) is 23.6 Å². The molecule has 2 rings (SSSR count). The van der Waals surface area contributed by atoms with Crippen LogP contribution in [0.2, 0.25) is 0 Å². The predicted molar refractivity (Wildman–Crippen MR) is 117 cm³/mol. The van der Waals surface area contributed by atoms with E-state index in [4.69, 9.17) is 14.9 Å². The molecule has 1 aromatic carbocycles. The first-order valence-corrected chi connectivity index (χ1v) is 10.9. The van der Waals surface area contributed by atoms with E-state index in [0.29, 0.717) is 0 Å². The van der Waals surface area contributed by atoms with E-state index in [-0.39, 0.29) is 22.2 Å². The summed E-state index contributed by atoms with van der Waals surface area (Å²) in [5.74, 6) is -3.79. The third-order valence-electron chi connectivity index (χ3n) is 4.03. The Hall–Kier alpha value is -3.16. The zero-order chi connectivity index (χ0) is 25.5. The summed E-state index contributed by atoms with van der Waals surface area (Å²) >= 11 is 0.997. The summed E-state index contributed by atoms with van der Waals surface area (Å²) in [4.78, 5) is 39.8. The summed E-state index contributed by atoms with van der Waals surface area (Å²) in [6.07, 6.45) is -0.889. The van der Waals surface area contributed by atoms with E-state index >= 15 is 0 Å². The molecule has 0 bridgehead atoms. The van der Waals surface area contributed by atoms with Gasteiger partial charge in [-0.2, -0.15) is 4.99 Å². The van der Waals surface area contributed by atoms with E-state index in [9.17, 15) is 23.2 Å². The lowest BCUT2D eigenvalue weighted by Crippen LogP contribution is -2.24. The molecule has 1 aromatic heterocycles.